The van der Waals surface area contributed by atoms with Crippen LogP contribution in [0.3, 0.4) is 0 Å². The Morgan fingerprint density at radius 1 is 0.500 bits per heavy atom. The van der Waals surface area contributed by atoms with Gasteiger partial charge in [0, 0.05) is 0 Å². The van der Waals surface area contributed by atoms with Gasteiger partial charge in [-0.1, -0.05) is 142 Å². The van der Waals surface area contributed by atoms with Gasteiger partial charge in [-0.2, -0.15) is 0 Å². The lowest BCUT2D eigenvalue weighted by Gasteiger charge is -2.48. The Labute approximate surface area is 288 Å². The van der Waals surface area contributed by atoms with Crippen LogP contribution >= 0.6 is 0 Å². The summed E-state index contributed by atoms with van der Waals surface area (Å²) in [4.78, 5) is 0. The first kappa shape index (κ1) is 36.1. The lowest BCUT2D eigenvalue weighted by atomic mass is 9.89. The molecule has 1 N–H and O–H groups in total. The van der Waals surface area contributed by atoms with Gasteiger partial charge in [0.2, 0.25) is 0 Å². The normalized spacial score (nSPS) is 21.6. The van der Waals surface area contributed by atoms with Crippen LogP contribution in [0, 0.1) is 0 Å². The molecular weight excluding hydrogens is 615 g/mol. The third-order valence-corrected chi connectivity index (χ3v) is 14.1. The molecule has 4 aromatic carbocycles. The summed E-state index contributed by atoms with van der Waals surface area (Å²) < 4.78 is 33.9. The van der Waals surface area contributed by atoms with E-state index in [9.17, 15) is 0 Å². The Hall–Kier alpha value is -3.14. The summed E-state index contributed by atoms with van der Waals surface area (Å²) in [5.41, 5.74) is 4.45. The van der Waals surface area contributed by atoms with Crippen molar-refractivity contribution in [3.8, 4) is 0 Å². The summed E-state index contributed by atoms with van der Waals surface area (Å²) >= 11 is 0. The van der Waals surface area contributed by atoms with Crippen molar-refractivity contribution in [1.82, 2.24) is 5.32 Å². The van der Waals surface area contributed by atoms with E-state index in [0.717, 1.165) is 22.3 Å². The van der Waals surface area contributed by atoms with Crippen molar-refractivity contribution >= 4 is 8.32 Å². The zero-order valence-corrected chi connectivity index (χ0v) is 30.2. The SMILES string of the molecule is CC(C)(C)[Si](C)(C)OC[C@@H]1N[C@H](COCc2ccccc2)[C@@H](OCc2ccccc2)[C@H](OCc2ccccc2)[C@H]1OCc1ccccc1. The van der Waals surface area contributed by atoms with Gasteiger partial charge >= 0.3 is 0 Å². The second-order valence-corrected chi connectivity index (χ2v) is 19.0. The summed E-state index contributed by atoms with van der Waals surface area (Å²) in [5, 5.41) is 3.98. The third kappa shape index (κ3) is 10.4. The Morgan fingerprint density at radius 2 is 0.854 bits per heavy atom. The molecule has 0 radical (unpaired) electrons. The van der Waals surface area contributed by atoms with Crippen molar-refractivity contribution in [2.45, 2.75) is 95.7 Å². The fourth-order valence-corrected chi connectivity index (χ4v) is 6.73. The van der Waals surface area contributed by atoms with E-state index in [1.807, 2.05) is 72.8 Å². The van der Waals surface area contributed by atoms with Crippen LogP contribution in [0.4, 0.5) is 0 Å². The maximum absolute atomic E-state index is 6.91. The molecule has 1 fully saturated rings. The smallest absolute Gasteiger partial charge is 0.192 e. The van der Waals surface area contributed by atoms with Gasteiger partial charge in [0.05, 0.1) is 51.7 Å². The average Bonchev–Trinajstić information content (AvgIpc) is 3.10. The number of nitrogens with one attached hydrogen (secondary N) is 1. The zero-order valence-electron chi connectivity index (χ0n) is 29.2. The maximum Gasteiger partial charge on any atom is 0.192 e. The van der Waals surface area contributed by atoms with Gasteiger partial charge in [-0.05, 0) is 40.4 Å². The number of hydrogen-bond donors (Lipinski definition) is 1. The van der Waals surface area contributed by atoms with E-state index >= 15 is 0 Å². The fraction of sp³-hybridized carbons (Fsp3) is 0.415. The topological polar surface area (TPSA) is 58.2 Å². The van der Waals surface area contributed by atoms with Crippen LogP contribution in [-0.2, 0) is 49.8 Å². The van der Waals surface area contributed by atoms with Gasteiger partial charge in [-0.15, -0.1) is 0 Å². The van der Waals surface area contributed by atoms with Gasteiger partial charge in [-0.3, -0.25) is 0 Å². The minimum atomic E-state index is -2.07. The van der Waals surface area contributed by atoms with E-state index in [0.29, 0.717) is 39.6 Å². The van der Waals surface area contributed by atoms with Gasteiger partial charge in [-0.25, -0.2) is 0 Å². The monoisotopic (exact) mass is 667 g/mol. The Kier molecular flexibility index (Phi) is 13.2. The van der Waals surface area contributed by atoms with Gasteiger partial charge in [0.15, 0.2) is 8.32 Å². The van der Waals surface area contributed by atoms with E-state index in [1.54, 1.807) is 0 Å². The third-order valence-electron chi connectivity index (χ3n) is 9.56. The highest BCUT2D eigenvalue weighted by molar-refractivity contribution is 6.74. The molecule has 48 heavy (non-hydrogen) atoms. The molecule has 256 valence electrons. The molecule has 7 heteroatoms. The van der Waals surface area contributed by atoms with Crippen LogP contribution in [0.5, 0.6) is 0 Å². The molecule has 0 aromatic heterocycles. The van der Waals surface area contributed by atoms with Crippen molar-refractivity contribution in [3.05, 3.63) is 144 Å². The van der Waals surface area contributed by atoms with Crippen LogP contribution in [0.25, 0.3) is 0 Å². The van der Waals surface area contributed by atoms with Crippen molar-refractivity contribution in [3.63, 3.8) is 0 Å². The Bertz CT molecular complexity index is 1470. The molecule has 0 unspecified atom stereocenters. The number of benzene rings is 4. The van der Waals surface area contributed by atoms with Crippen LogP contribution in [0.2, 0.25) is 18.1 Å². The molecule has 0 saturated carbocycles. The van der Waals surface area contributed by atoms with E-state index < -0.39 is 14.4 Å². The van der Waals surface area contributed by atoms with Crippen molar-refractivity contribution in [2.24, 2.45) is 0 Å². The summed E-state index contributed by atoms with van der Waals surface area (Å²) in [6, 6.07) is 40.9. The molecular formula is C41H53NO5Si. The highest BCUT2D eigenvalue weighted by atomic mass is 28.4. The first-order valence-corrected chi connectivity index (χ1v) is 20.1. The highest BCUT2D eigenvalue weighted by Gasteiger charge is 2.48. The predicted molar refractivity (Wildman–Crippen MR) is 195 cm³/mol. The van der Waals surface area contributed by atoms with E-state index in [-0.39, 0.29) is 29.3 Å². The fourth-order valence-electron chi connectivity index (χ4n) is 5.70. The molecule has 1 aliphatic rings. The van der Waals surface area contributed by atoms with Gasteiger partial charge in [0.25, 0.3) is 0 Å². The van der Waals surface area contributed by atoms with Crippen LogP contribution < -0.4 is 5.32 Å². The van der Waals surface area contributed by atoms with Gasteiger partial charge < -0.3 is 28.7 Å². The zero-order chi connectivity index (χ0) is 33.8. The van der Waals surface area contributed by atoms with Crippen molar-refractivity contribution in [2.75, 3.05) is 13.2 Å². The predicted octanol–water partition coefficient (Wildman–Crippen LogP) is 8.32. The molecule has 6 nitrogen and oxygen atoms in total. The maximum atomic E-state index is 6.91. The minimum Gasteiger partial charge on any atom is -0.415 e. The number of rotatable bonds is 16. The van der Waals surface area contributed by atoms with E-state index in [2.05, 4.69) is 87.7 Å². The summed E-state index contributed by atoms with van der Waals surface area (Å²) in [7, 11) is -2.07. The number of hydrogen-bond acceptors (Lipinski definition) is 6. The van der Waals surface area contributed by atoms with E-state index in [1.165, 1.54) is 0 Å². The molecule has 0 amide bonds. The van der Waals surface area contributed by atoms with Crippen LogP contribution in [-0.4, -0.2) is 51.9 Å². The second-order valence-electron chi connectivity index (χ2n) is 14.2. The average molecular weight is 668 g/mol. The first-order chi connectivity index (χ1) is 23.2. The molecule has 0 bridgehead atoms. The number of ether oxygens (including phenoxy) is 4. The second kappa shape index (κ2) is 17.5. The molecule has 1 saturated heterocycles. The van der Waals surface area contributed by atoms with Crippen LogP contribution in [0.15, 0.2) is 121 Å². The largest absolute Gasteiger partial charge is 0.415 e. The quantitative estimate of drug-likeness (QED) is 0.121. The Balaban J connectivity index is 1.46. The van der Waals surface area contributed by atoms with Crippen molar-refractivity contribution in [1.29, 1.82) is 0 Å². The highest BCUT2D eigenvalue weighted by Crippen LogP contribution is 2.37. The molecule has 1 heterocycles. The summed E-state index contributed by atoms with van der Waals surface area (Å²) in [5.74, 6) is 0. The number of piperidine rings is 1. The minimum absolute atomic E-state index is 0.0742. The lowest BCUT2D eigenvalue weighted by molar-refractivity contribution is -0.197. The molecule has 5 atom stereocenters. The Morgan fingerprint density at radius 3 is 1.25 bits per heavy atom. The molecule has 0 aliphatic carbocycles. The molecule has 1 aliphatic heterocycles. The summed E-state index contributed by atoms with van der Waals surface area (Å²) in [6.45, 7) is 14.2. The first-order valence-electron chi connectivity index (χ1n) is 17.2. The molecule has 4 aromatic rings. The van der Waals surface area contributed by atoms with Crippen molar-refractivity contribution < 1.29 is 23.4 Å². The van der Waals surface area contributed by atoms with Crippen LogP contribution in [0.1, 0.15) is 43.0 Å². The molecule has 0 spiro atoms. The summed E-state index contributed by atoms with van der Waals surface area (Å²) in [6.07, 6.45) is -1.09. The lowest BCUT2D eigenvalue weighted by Crippen LogP contribution is -2.69. The molecule has 5 rings (SSSR count). The standard InChI is InChI=1S/C41H53NO5Si/c1-41(2,3)48(4,5)47-31-37-39(45-28-34-22-14-8-15-23-34)40(46-29-35-24-16-9-17-25-35)38(44-27-33-20-12-7-13-21-33)36(42-37)30-43-26-32-18-10-6-11-19-32/h6-25,36-40,42H,26-31H2,1-5H3/t36-,37+,38-,39+,40+/m1/s1. The van der Waals surface area contributed by atoms with E-state index in [4.69, 9.17) is 23.4 Å². The van der Waals surface area contributed by atoms with Gasteiger partial charge in [0.1, 0.15) is 18.3 Å².